The van der Waals surface area contributed by atoms with Crippen molar-refractivity contribution < 1.29 is 14.7 Å². The molecule has 8 nitrogen and oxygen atoms in total. The molecule has 0 aliphatic carbocycles. The van der Waals surface area contributed by atoms with Crippen LogP contribution in [0.25, 0.3) is 11.3 Å². The van der Waals surface area contributed by atoms with Gasteiger partial charge in [-0.1, -0.05) is 26.0 Å². The van der Waals surface area contributed by atoms with Crippen LogP contribution in [0.4, 0.5) is 5.69 Å². The zero-order valence-corrected chi connectivity index (χ0v) is 22.1. The van der Waals surface area contributed by atoms with Gasteiger partial charge in [0.25, 0.3) is 0 Å². The summed E-state index contributed by atoms with van der Waals surface area (Å²) in [6.45, 7) is 8.20. The van der Waals surface area contributed by atoms with Crippen LogP contribution in [-0.2, 0) is 9.59 Å². The number of amides is 1. The third-order valence-electron chi connectivity index (χ3n) is 7.60. The molecule has 3 fully saturated rings. The summed E-state index contributed by atoms with van der Waals surface area (Å²) < 4.78 is 0. The van der Waals surface area contributed by atoms with Gasteiger partial charge in [-0.2, -0.15) is 0 Å². The van der Waals surface area contributed by atoms with Crippen LogP contribution in [0, 0.1) is 18.3 Å². The van der Waals surface area contributed by atoms with Crippen molar-refractivity contribution in [2.24, 2.45) is 11.3 Å². The lowest BCUT2D eigenvalue weighted by Crippen LogP contribution is -2.56. The predicted molar refractivity (Wildman–Crippen MR) is 141 cm³/mol. The van der Waals surface area contributed by atoms with E-state index < -0.39 is 11.4 Å². The first-order chi connectivity index (χ1) is 17.0. The smallest absolute Gasteiger partial charge is 0.303 e. The third-order valence-corrected chi connectivity index (χ3v) is 7.60. The van der Waals surface area contributed by atoms with Gasteiger partial charge in [0.15, 0.2) is 0 Å². The van der Waals surface area contributed by atoms with E-state index in [0.717, 1.165) is 54.4 Å². The second-order valence-corrected chi connectivity index (χ2v) is 11.4. The van der Waals surface area contributed by atoms with Crippen molar-refractivity contribution in [3.05, 3.63) is 41.9 Å². The molecule has 36 heavy (non-hydrogen) atoms. The van der Waals surface area contributed by atoms with Crippen molar-refractivity contribution in [1.29, 1.82) is 0 Å². The summed E-state index contributed by atoms with van der Waals surface area (Å²) in [6.07, 6.45) is 2.37. The number of benzene rings is 1. The molecule has 0 spiro atoms. The highest BCUT2D eigenvalue weighted by molar-refractivity contribution is 5.78. The summed E-state index contributed by atoms with van der Waals surface area (Å²) in [4.78, 5) is 37.7. The fraction of sp³-hybridized carbons (Fsp3) is 0.571. The van der Waals surface area contributed by atoms with Gasteiger partial charge in [0.1, 0.15) is 5.82 Å². The first kappa shape index (κ1) is 26.1. The Morgan fingerprint density at radius 3 is 2.50 bits per heavy atom. The van der Waals surface area contributed by atoms with Crippen LogP contribution in [0.5, 0.6) is 0 Å². The van der Waals surface area contributed by atoms with Crippen molar-refractivity contribution >= 4 is 17.6 Å². The number of nitrogens with zero attached hydrogens (tertiary/aromatic N) is 4. The molecule has 1 aromatic heterocycles. The maximum atomic E-state index is 12.5. The Bertz CT molecular complexity index is 1100. The molecule has 5 rings (SSSR count). The standard InChI is InChI=1S/C28H39N5O3/c1-18-30-24(19-6-8-21(9-7-19)32(4)5)13-25(31-18)23-17-33-11-10-20(23)12-22(33)16-29-26(34)14-28(2,3)15-27(35)36/h6-9,13,20,22-23H,10-12,14-17H2,1-5H3,(H,29,34)(H,35,36). The molecule has 4 atom stereocenters. The summed E-state index contributed by atoms with van der Waals surface area (Å²) in [5, 5.41) is 12.1. The van der Waals surface area contributed by atoms with E-state index in [0.29, 0.717) is 24.4 Å². The fourth-order valence-corrected chi connectivity index (χ4v) is 5.75. The molecule has 1 aromatic carbocycles. The van der Waals surface area contributed by atoms with Crippen LogP contribution >= 0.6 is 0 Å². The number of carbonyl (C=O) groups is 2. The van der Waals surface area contributed by atoms with E-state index in [4.69, 9.17) is 15.1 Å². The number of carboxylic acids is 1. The van der Waals surface area contributed by atoms with E-state index in [9.17, 15) is 9.59 Å². The fourth-order valence-electron chi connectivity index (χ4n) is 5.75. The van der Waals surface area contributed by atoms with Crippen molar-refractivity contribution in [1.82, 2.24) is 20.2 Å². The number of fused-ring (bicyclic) bond motifs is 3. The Hall–Kier alpha value is -3.00. The zero-order chi connectivity index (χ0) is 26.0. The minimum atomic E-state index is -0.872. The molecular weight excluding hydrogens is 454 g/mol. The molecule has 0 radical (unpaired) electrons. The summed E-state index contributed by atoms with van der Waals surface area (Å²) in [7, 11) is 4.07. The molecule has 2 bridgehead atoms. The van der Waals surface area contributed by atoms with Crippen molar-refractivity contribution in [2.75, 3.05) is 38.6 Å². The lowest BCUT2D eigenvalue weighted by Gasteiger charge is -2.49. The maximum absolute atomic E-state index is 12.5. The van der Waals surface area contributed by atoms with Gasteiger partial charge in [-0.05, 0) is 55.8 Å². The number of hydrogen-bond donors (Lipinski definition) is 2. The predicted octanol–water partition coefficient (Wildman–Crippen LogP) is 3.70. The number of carbonyl (C=O) groups excluding carboxylic acids is 1. The largest absolute Gasteiger partial charge is 0.481 e. The van der Waals surface area contributed by atoms with Gasteiger partial charge < -0.3 is 15.3 Å². The van der Waals surface area contributed by atoms with E-state index in [1.807, 2.05) is 34.9 Å². The normalized spacial score (nSPS) is 23.4. The lowest BCUT2D eigenvalue weighted by atomic mass is 9.74. The zero-order valence-electron chi connectivity index (χ0n) is 22.1. The number of carboxylic acid groups (broad SMARTS) is 1. The third kappa shape index (κ3) is 6.22. The Kier molecular flexibility index (Phi) is 7.64. The average molecular weight is 494 g/mol. The first-order valence-electron chi connectivity index (χ1n) is 12.9. The molecule has 2 aromatic rings. The highest BCUT2D eigenvalue weighted by Crippen LogP contribution is 2.41. The molecule has 3 saturated heterocycles. The average Bonchev–Trinajstić information content (AvgIpc) is 2.81. The highest BCUT2D eigenvalue weighted by atomic mass is 16.4. The van der Waals surface area contributed by atoms with Crippen LogP contribution in [0.3, 0.4) is 0 Å². The Morgan fingerprint density at radius 2 is 1.89 bits per heavy atom. The molecule has 0 saturated carbocycles. The quantitative estimate of drug-likeness (QED) is 0.550. The number of aryl methyl sites for hydroxylation is 1. The minimum absolute atomic E-state index is 0.0140. The Labute approximate surface area is 214 Å². The van der Waals surface area contributed by atoms with Gasteiger partial charge in [0.05, 0.1) is 12.1 Å². The first-order valence-corrected chi connectivity index (χ1v) is 12.9. The van der Waals surface area contributed by atoms with Crippen molar-refractivity contribution in [2.45, 2.75) is 58.4 Å². The number of nitrogens with one attached hydrogen (secondary N) is 1. The van der Waals surface area contributed by atoms with E-state index in [1.165, 1.54) is 0 Å². The summed E-state index contributed by atoms with van der Waals surface area (Å²) in [5.74, 6) is 0.740. The number of piperidine rings is 3. The van der Waals surface area contributed by atoms with E-state index in [1.54, 1.807) is 0 Å². The minimum Gasteiger partial charge on any atom is -0.481 e. The monoisotopic (exact) mass is 493 g/mol. The summed E-state index contributed by atoms with van der Waals surface area (Å²) in [5.41, 5.74) is 3.78. The highest BCUT2D eigenvalue weighted by Gasteiger charge is 2.41. The van der Waals surface area contributed by atoms with Gasteiger partial charge in [-0.25, -0.2) is 9.97 Å². The van der Waals surface area contributed by atoms with Gasteiger partial charge in [0.2, 0.25) is 5.91 Å². The van der Waals surface area contributed by atoms with Gasteiger partial charge in [-0.15, -0.1) is 0 Å². The van der Waals surface area contributed by atoms with Gasteiger partial charge >= 0.3 is 5.97 Å². The van der Waals surface area contributed by atoms with Crippen LogP contribution in [0.15, 0.2) is 30.3 Å². The number of aliphatic carboxylic acids is 1. The molecule has 3 aliphatic rings. The van der Waals surface area contributed by atoms with Crippen LogP contribution in [-0.4, -0.2) is 71.6 Å². The van der Waals surface area contributed by atoms with E-state index >= 15 is 0 Å². The molecule has 4 heterocycles. The Morgan fingerprint density at radius 1 is 1.17 bits per heavy atom. The second-order valence-electron chi connectivity index (χ2n) is 11.4. The SMILES string of the molecule is Cc1nc(-c2ccc(N(C)C)cc2)cc(C2CN3CCC2CC3CNC(=O)CC(C)(C)CC(=O)O)n1. The number of aromatic nitrogens is 2. The van der Waals surface area contributed by atoms with E-state index in [2.05, 4.69) is 45.4 Å². The molecule has 8 heteroatoms. The Balaban J connectivity index is 1.40. The lowest BCUT2D eigenvalue weighted by molar-refractivity contribution is -0.139. The maximum Gasteiger partial charge on any atom is 0.303 e. The van der Waals surface area contributed by atoms with Crippen LogP contribution < -0.4 is 10.2 Å². The molecule has 2 N–H and O–H groups in total. The second kappa shape index (κ2) is 10.5. The van der Waals surface area contributed by atoms with Gasteiger partial charge in [-0.3, -0.25) is 14.5 Å². The summed E-state index contributed by atoms with van der Waals surface area (Å²) in [6, 6.07) is 10.9. The van der Waals surface area contributed by atoms with Crippen LogP contribution in [0.2, 0.25) is 0 Å². The van der Waals surface area contributed by atoms with E-state index in [-0.39, 0.29) is 18.7 Å². The molecule has 1 amide bonds. The van der Waals surface area contributed by atoms with Crippen molar-refractivity contribution in [3.63, 3.8) is 0 Å². The number of anilines is 1. The molecule has 194 valence electrons. The van der Waals surface area contributed by atoms with Crippen LogP contribution in [0.1, 0.15) is 57.0 Å². The number of hydrogen-bond acceptors (Lipinski definition) is 6. The number of rotatable bonds is 9. The molecule has 3 aliphatic heterocycles. The summed E-state index contributed by atoms with van der Waals surface area (Å²) >= 11 is 0. The topological polar surface area (TPSA) is 98.7 Å². The molecular formula is C28H39N5O3. The van der Waals surface area contributed by atoms with Gasteiger partial charge in [0, 0.05) is 62.5 Å². The van der Waals surface area contributed by atoms with Crippen molar-refractivity contribution in [3.8, 4) is 11.3 Å². The molecule has 4 unspecified atom stereocenters.